The summed E-state index contributed by atoms with van der Waals surface area (Å²) < 4.78 is 50.8. The fraction of sp³-hybridized carbons (Fsp3) is 0.176. The maximum atomic E-state index is 13.1. The van der Waals surface area contributed by atoms with Gasteiger partial charge in [-0.15, -0.1) is 0 Å². The Morgan fingerprint density at radius 2 is 1.60 bits per heavy atom. The van der Waals surface area contributed by atoms with E-state index in [4.69, 9.17) is 9.47 Å². The van der Waals surface area contributed by atoms with E-state index in [2.05, 4.69) is 10.1 Å². The minimum absolute atomic E-state index is 0.254. The maximum Gasteiger partial charge on any atom is 0.435 e. The van der Waals surface area contributed by atoms with Crippen LogP contribution in [0, 0.1) is 0 Å². The summed E-state index contributed by atoms with van der Waals surface area (Å²) >= 11 is 0. The zero-order chi connectivity index (χ0) is 18.0. The van der Waals surface area contributed by atoms with Crippen LogP contribution in [0.15, 0.2) is 48.8 Å². The molecule has 3 rings (SSSR count). The van der Waals surface area contributed by atoms with E-state index < -0.39 is 11.9 Å². The highest BCUT2D eigenvalue weighted by Gasteiger charge is 2.35. The quantitative estimate of drug-likeness (QED) is 0.715. The lowest BCUT2D eigenvalue weighted by atomic mass is 10.2. The van der Waals surface area contributed by atoms with Crippen molar-refractivity contribution < 1.29 is 22.6 Å². The number of alkyl halides is 3. The van der Waals surface area contributed by atoms with Crippen molar-refractivity contribution >= 4 is 0 Å². The number of aromatic nitrogens is 3. The first-order chi connectivity index (χ1) is 11.9. The molecule has 0 N–H and O–H groups in total. The molecule has 0 unspecified atom stereocenters. The second kappa shape index (κ2) is 6.46. The van der Waals surface area contributed by atoms with Gasteiger partial charge in [-0.2, -0.15) is 18.3 Å². The molecular formula is C17H14F3N3O2. The lowest BCUT2D eigenvalue weighted by molar-refractivity contribution is -0.141. The van der Waals surface area contributed by atoms with E-state index in [1.165, 1.54) is 31.3 Å². The number of halogens is 3. The zero-order valence-electron chi connectivity index (χ0n) is 13.4. The molecule has 25 heavy (non-hydrogen) atoms. The third-order valence-corrected chi connectivity index (χ3v) is 3.56. The molecule has 0 saturated heterocycles. The van der Waals surface area contributed by atoms with Crippen LogP contribution >= 0.6 is 0 Å². The van der Waals surface area contributed by atoms with Crippen LogP contribution in [0.1, 0.15) is 5.69 Å². The van der Waals surface area contributed by atoms with Gasteiger partial charge in [0.25, 0.3) is 0 Å². The fourth-order valence-electron chi connectivity index (χ4n) is 2.32. The van der Waals surface area contributed by atoms with Gasteiger partial charge in [-0.05, 0) is 36.4 Å². The maximum absolute atomic E-state index is 13.1. The number of rotatable bonds is 4. The van der Waals surface area contributed by atoms with E-state index in [0.29, 0.717) is 22.7 Å². The molecular weight excluding hydrogens is 335 g/mol. The minimum atomic E-state index is -4.56. The van der Waals surface area contributed by atoms with Crippen molar-refractivity contribution in [2.45, 2.75) is 6.18 Å². The van der Waals surface area contributed by atoms with Crippen LogP contribution in [-0.2, 0) is 6.18 Å². The molecule has 5 nitrogen and oxygen atoms in total. The normalized spacial score (nSPS) is 11.4. The van der Waals surface area contributed by atoms with Gasteiger partial charge in [-0.25, -0.2) is 4.68 Å². The number of pyridine rings is 1. The number of hydrogen-bond acceptors (Lipinski definition) is 4. The predicted molar refractivity (Wildman–Crippen MR) is 84.9 cm³/mol. The predicted octanol–water partition coefficient (Wildman–Crippen LogP) is 3.97. The molecule has 0 aliphatic heterocycles. The van der Waals surface area contributed by atoms with Gasteiger partial charge in [0.2, 0.25) is 0 Å². The molecule has 0 bridgehead atoms. The van der Waals surface area contributed by atoms with Crippen LogP contribution in [-0.4, -0.2) is 29.0 Å². The van der Waals surface area contributed by atoms with Crippen molar-refractivity contribution in [3.63, 3.8) is 0 Å². The molecule has 1 aromatic carbocycles. The second-order valence-electron chi connectivity index (χ2n) is 5.14. The summed E-state index contributed by atoms with van der Waals surface area (Å²) in [6, 6.07) is 9.15. The van der Waals surface area contributed by atoms with Crippen molar-refractivity contribution in [2.24, 2.45) is 0 Å². The van der Waals surface area contributed by atoms with E-state index in [0.717, 1.165) is 6.07 Å². The fourth-order valence-corrected chi connectivity index (χ4v) is 2.32. The van der Waals surface area contributed by atoms with Gasteiger partial charge < -0.3 is 9.47 Å². The van der Waals surface area contributed by atoms with Gasteiger partial charge in [-0.1, -0.05) is 0 Å². The van der Waals surface area contributed by atoms with Gasteiger partial charge >= 0.3 is 6.18 Å². The second-order valence-corrected chi connectivity index (χ2v) is 5.14. The Labute approximate surface area is 141 Å². The average Bonchev–Trinajstić information content (AvgIpc) is 3.07. The highest BCUT2D eigenvalue weighted by atomic mass is 19.4. The lowest BCUT2D eigenvalue weighted by Crippen LogP contribution is -2.07. The molecule has 2 aromatic heterocycles. The first-order valence-corrected chi connectivity index (χ1v) is 7.23. The van der Waals surface area contributed by atoms with Crippen LogP contribution in [0.2, 0.25) is 0 Å². The van der Waals surface area contributed by atoms with Crippen LogP contribution in [0.3, 0.4) is 0 Å². The summed E-state index contributed by atoms with van der Waals surface area (Å²) in [6.45, 7) is 0. The van der Waals surface area contributed by atoms with E-state index in [1.54, 1.807) is 30.3 Å². The van der Waals surface area contributed by atoms with Gasteiger partial charge in [0.1, 0.15) is 11.5 Å². The van der Waals surface area contributed by atoms with Crippen LogP contribution in [0.4, 0.5) is 13.2 Å². The Balaban J connectivity index is 2.16. The summed E-state index contributed by atoms with van der Waals surface area (Å²) in [7, 11) is 2.97. The average molecular weight is 349 g/mol. The van der Waals surface area contributed by atoms with E-state index in [9.17, 15) is 13.2 Å². The Morgan fingerprint density at radius 1 is 0.920 bits per heavy atom. The molecule has 8 heteroatoms. The molecule has 0 atom stereocenters. The number of ether oxygens (including phenoxy) is 2. The highest BCUT2D eigenvalue weighted by molar-refractivity contribution is 5.63. The molecule has 0 aliphatic carbocycles. The van der Waals surface area contributed by atoms with Crippen LogP contribution < -0.4 is 9.47 Å². The van der Waals surface area contributed by atoms with Gasteiger partial charge in [-0.3, -0.25) is 4.98 Å². The number of hydrogen-bond donors (Lipinski definition) is 0. The third-order valence-electron chi connectivity index (χ3n) is 3.56. The van der Waals surface area contributed by atoms with Crippen LogP contribution in [0.25, 0.3) is 16.9 Å². The summed E-state index contributed by atoms with van der Waals surface area (Å²) in [6.07, 6.45) is -1.62. The number of nitrogens with zero attached hydrogens (tertiary/aromatic N) is 3. The standard InChI is InChI=1S/C17H14F3N3O2/c1-24-13-5-3-12(4-6-13)23-15(8-16(22-23)17(18,19)20)11-7-14(25-2)10-21-9-11/h3-10H,1-2H3. The smallest absolute Gasteiger partial charge is 0.435 e. The van der Waals surface area contributed by atoms with E-state index in [1.807, 2.05) is 0 Å². The first-order valence-electron chi connectivity index (χ1n) is 7.23. The highest BCUT2D eigenvalue weighted by Crippen LogP contribution is 2.34. The van der Waals surface area contributed by atoms with Crippen molar-refractivity contribution in [1.82, 2.24) is 14.8 Å². The van der Waals surface area contributed by atoms with Gasteiger partial charge in [0.05, 0.1) is 31.8 Å². The zero-order valence-corrected chi connectivity index (χ0v) is 13.4. The monoisotopic (exact) mass is 349 g/mol. The van der Waals surface area contributed by atoms with Crippen molar-refractivity contribution in [3.05, 3.63) is 54.5 Å². The van der Waals surface area contributed by atoms with E-state index >= 15 is 0 Å². The Kier molecular flexibility index (Phi) is 4.35. The molecule has 0 amide bonds. The minimum Gasteiger partial charge on any atom is -0.497 e. The summed E-state index contributed by atoms with van der Waals surface area (Å²) in [5.41, 5.74) is 0.192. The molecule has 0 fully saturated rings. The number of methoxy groups -OCH3 is 2. The molecule has 0 radical (unpaired) electrons. The SMILES string of the molecule is COc1ccc(-n2nc(C(F)(F)F)cc2-c2cncc(OC)c2)cc1. The van der Waals surface area contributed by atoms with E-state index in [-0.39, 0.29) is 5.69 Å². The van der Waals surface area contributed by atoms with Crippen molar-refractivity contribution in [1.29, 1.82) is 0 Å². The summed E-state index contributed by atoms with van der Waals surface area (Å²) in [5, 5.41) is 3.72. The van der Waals surface area contributed by atoms with Gasteiger partial charge in [0.15, 0.2) is 5.69 Å². The third kappa shape index (κ3) is 3.42. The topological polar surface area (TPSA) is 49.2 Å². The molecule has 0 aliphatic rings. The molecule has 0 spiro atoms. The Bertz CT molecular complexity index is 874. The van der Waals surface area contributed by atoms with Gasteiger partial charge in [0, 0.05) is 11.8 Å². The Hall–Kier alpha value is -3.03. The molecule has 130 valence electrons. The van der Waals surface area contributed by atoms with Crippen LogP contribution in [0.5, 0.6) is 11.5 Å². The molecule has 3 aromatic rings. The van der Waals surface area contributed by atoms with Crippen molar-refractivity contribution in [2.75, 3.05) is 14.2 Å². The lowest BCUT2D eigenvalue weighted by Gasteiger charge is -2.09. The largest absolute Gasteiger partial charge is 0.497 e. The summed E-state index contributed by atoms with van der Waals surface area (Å²) in [5.74, 6) is 1.03. The van der Waals surface area contributed by atoms with Crippen molar-refractivity contribution in [3.8, 4) is 28.4 Å². The first kappa shape index (κ1) is 16.8. The molecule has 0 saturated carbocycles. The molecule has 2 heterocycles. The Morgan fingerprint density at radius 3 is 2.20 bits per heavy atom. The number of benzene rings is 1. The summed E-state index contributed by atoms with van der Waals surface area (Å²) in [4.78, 5) is 4.00.